The molecule has 0 spiro atoms. The molecule has 1 aromatic heterocycles. The lowest BCUT2D eigenvalue weighted by molar-refractivity contribution is -0.190. The van der Waals surface area contributed by atoms with Crippen LogP contribution in [0.5, 0.6) is 5.88 Å². The fraction of sp³-hybridized carbons (Fsp3) is 0.444. The van der Waals surface area contributed by atoms with Gasteiger partial charge < -0.3 is 9.84 Å². The van der Waals surface area contributed by atoms with E-state index in [9.17, 15) is 13.2 Å². The largest absolute Gasteiger partial charge is 0.465 e. The van der Waals surface area contributed by atoms with Gasteiger partial charge in [-0.2, -0.15) is 13.2 Å². The number of aromatic nitrogens is 1. The summed E-state index contributed by atoms with van der Waals surface area (Å²) >= 11 is 0. The van der Waals surface area contributed by atoms with Gasteiger partial charge in [0.1, 0.15) is 0 Å². The number of hydrogen-bond acceptors (Lipinski definition) is 3. The minimum absolute atomic E-state index is 0.147. The monoisotopic (exact) mass is 221 g/mol. The highest BCUT2D eigenvalue weighted by atomic mass is 19.4. The van der Waals surface area contributed by atoms with Gasteiger partial charge in [-0.1, -0.05) is 6.07 Å². The van der Waals surface area contributed by atoms with Gasteiger partial charge in [-0.05, 0) is 13.0 Å². The Balaban J connectivity index is 2.72. The van der Waals surface area contributed by atoms with Gasteiger partial charge in [0, 0.05) is 6.07 Å². The van der Waals surface area contributed by atoms with Gasteiger partial charge in [-0.25, -0.2) is 4.98 Å². The zero-order valence-electron chi connectivity index (χ0n) is 7.95. The highest BCUT2D eigenvalue weighted by Gasteiger charge is 2.38. The van der Waals surface area contributed by atoms with Crippen LogP contribution in [0, 0.1) is 0 Å². The Morgan fingerprint density at radius 3 is 2.67 bits per heavy atom. The molecule has 0 bridgehead atoms. The van der Waals surface area contributed by atoms with Crippen LogP contribution in [-0.4, -0.2) is 22.4 Å². The molecule has 1 atom stereocenters. The summed E-state index contributed by atoms with van der Waals surface area (Å²) in [7, 11) is 0. The summed E-state index contributed by atoms with van der Waals surface area (Å²) in [4.78, 5) is 3.67. The second kappa shape index (κ2) is 4.48. The maximum Gasteiger partial charge on any atom is 0.425 e. The molecule has 1 N–H and O–H groups in total. The summed E-state index contributed by atoms with van der Waals surface area (Å²) < 4.78 is 40.9. The summed E-state index contributed by atoms with van der Waals surface area (Å²) in [6, 6.07) is 4.27. The lowest BCUT2D eigenvalue weighted by atomic mass is 10.3. The smallest absolute Gasteiger partial charge is 0.425 e. The normalized spacial score (nSPS) is 13.7. The van der Waals surface area contributed by atoms with Gasteiger partial charge in [0.2, 0.25) is 5.88 Å². The first kappa shape index (κ1) is 11.8. The van der Waals surface area contributed by atoms with E-state index in [0.29, 0.717) is 0 Å². The van der Waals surface area contributed by atoms with Crippen molar-refractivity contribution in [2.24, 2.45) is 0 Å². The number of aliphatic hydroxyl groups excluding tert-OH is 1. The van der Waals surface area contributed by atoms with E-state index < -0.39 is 12.3 Å². The average Bonchev–Trinajstić information content (AvgIpc) is 2.16. The zero-order chi connectivity index (χ0) is 11.5. The van der Waals surface area contributed by atoms with E-state index in [1.54, 1.807) is 0 Å². The molecule has 0 aliphatic heterocycles. The maximum absolute atomic E-state index is 12.1. The maximum atomic E-state index is 12.1. The predicted octanol–water partition coefficient (Wildman–Crippen LogP) is 1.90. The predicted molar refractivity (Wildman–Crippen MR) is 46.3 cm³/mol. The van der Waals surface area contributed by atoms with Crippen LogP contribution in [0.4, 0.5) is 13.2 Å². The fourth-order valence-electron chi connectivity index (χ4n) is 0.859. The lowest BCUT2D eigenvalue weighted by Gasteiger charge is -2.16. The standard InChI is InChI=1S/C9H10F3NO2/c1-6(9(10,11)12)15-8-4-2-3-7(5-14)13-8/h2-4,6,14H,5H2,1H3. The minimum atomic E-state index is -4.42. The number of nitrogens with zero attached hydrogens (tertiary/aromatic N) is 1. The minimum Gasteiger partial charge on any atom is -0.465 e. The first-order chi connectivity index (χ1) is 6.93. The van der Waals surface area contributed by atoms with E-state index in [1.165, 1.54) is 18.2 Å². The summed E-state index contributed by atoms with van der Waals surface area (Å²) in [5, 5.41) is 8.72. The van der Waals surface area contributed by atoms with E-state index in [1.807, 2.05) is 0 Å². The van der Waals surface area contributed by atoms with E-state index >= 15 is 0 Å². The van der Waals surface area contributed by atoms with Crippen molar-refractivity contribution >= 4 is 0 Å². The number of rotatable bonds is 3. The Bertz CT molecular complexity index is 327. The molecule has 0 fully saturated rings. The summed E-state index contributed by atoms with van der Waals surface area (Å²) in [6.45, 7) is 0.560. The SMILES string of the molecule is CC(Oc1cccc(CO)n1)C(F)(F)F. The molecule has 0 radical (unpaired) electrons. The topological polar surface area (TPSA) is 42.4 Å². The molecule has 6 heteroatoms. The van der Waals surface area contributed by atoms with Crippen LogP contribution in [0.2, 0.25) is 0 Å². The molecule has 0 saturated heterocycles. The van der Waals surface area contributed by atoms with Crippen LogP contribution in [-0.2, 0) is 6.61 Å². The van der Waals surface area contributed by atoms with Crippen molar-refractivity contribution in [2.75, 3.05) is 0 Å². The second-order valence-corrected chi connectivity index (χ2v) is 2.93. The Hall–Kier alpha value is -1.30. The third-order valence-corrected chi connectivity index (χ3v) is 1.70. The first-order valence-corrected chi connectivity index (χ1v) is 4.23. The van der Waals surface area contributed by atoms with Crippen molar-refractivity contribution in [2.45, 2.75) is 25.8 Å². The van der Waals surface area contributed by atoms with Crippen LogP contribution in [0.15, 0.2) is 18.2 Å². The molecule has 0 amide bonds. The van der Waals surface area contributed by atoms with Crippen LogP contribution in [0.1, 0.15) is 12.6 Å². The Labute approximate surface area is 84.5 Å². The number of alkyl halides is 3. The second-order valence-electron chi connectivity index (χ2n) is 2.93. The van der Waals surface area contributed by atoms with Gasteiger partial charge in [0.15, 0.2) is 6.10 Å². The summed E-state index contributed by atoms with van der Waals surface area (Å²) in [5.74, 6) is -0.147. The zero-order valence-corrected chi connectivity index (χ0v) is 7.95. The van der Waals surface area contributed by atoms with Gasteiger partial charge in [0.25, 0.3) is 0 Å². The molecular formula is C9H10F3NO2. The molecule has 0 saturated carbocycles. The third-order valence-electron chi connectivity index (χ3n) is 1.70. The van der Waals surface area contributed by atoms with Gasteiger partial charge >= 0.3 is 6.18 Å². The molecule has 15 heavy (non-hydrogen) atoms. The molecule has 1 rings (SSSR count). The molecule has 1 aromatic rings. The Morgan fingerprint density at radius 1 is 1.47 bits per heavy atom. The average molecular weight is 221 g/mol. The molecule has 1 unspecified atom stereocenters. The fourth-order valence-corrected chi connectivity index (χ4v) is 0.859. The first-order valence-electron chi connectivity index (χ1n) is 4.23. The molecule has 3 nitrogen and oxygen atoms in total. The van der Waals surface area contributed by atoms with Crippen molar-refractivity contribution in [1.29, 1.82) is 0 Å². The number of halogens is 3. The molecule has 84 valence electrons. The van der Waals surface area contributed by atoms with Crippen molar-refractivity contribution in [3.63, 3.8) is 0 Å². The quantitative estimate of drug-likeness (QED) is 0.847. The number of ether oxygens (including phenoxy) is 1. The number of hydrogen-bond donors (Lipinski definition) is 1. The highest BCUT2D eigenvalue weighted by Crippen LogP contribution is 2.23. The van der Waals surface area contributed by atoms with E-state index in [-0.39, 0.29) is 18.2 Å². The van der Waals surface area contributed by atoms with Crippen LogP contribution < -0.4 is 4.74 Å². The molecule has 0 aromatic carbocycles. The summed E-state index contributed by atoms with van der Waals surface area (Å²) in [5.41, 5.74) is 0.266. The van der Waals surface area contributed by atoms with Crippen molar-refractivity contribution in [3.05, 3.63) is 23.9 Å². The molecular weight excluding hydrogens is 211 g/mol. The van der Waals surface area contributed by atoms with Gasteiger partial charge in [0.05, 0.1) is 12.3 Å². The number of pyridine rings is 1. The van der Waals surface area contributed by atoms with Crippen LogP contribution >= 0.6 is 0 Å². The lowest BCUT2D eigenvalue weighted by Crippen LogP contribution is -2.31. The molecule has 0 aliphatic carbocycles. The number of aliphatic hydroxyl groups is 1. The van der Waals surface area contributed by atoms with E-state index in [2.05, 4.69) is 9.72 Å². The molecule has 1 heterocycles. The van der Waals surface area contributed by atoms with Gasteiger partial charge in [-0.15, -0.1) is 0 Å². The van der Waals surface area contributed by atoms with E-state index in [4.69, 9.17) is 5.11 Å². The third kappa shape index (κ3) is 3.39. The van der Waals surface area contributed by atoms with Crippen molar-refractivity contribution in [3.8, 4) is 5.88 Å². The Kier molecular flexibility index (Phi) is 3.52. The van der Waals surface area contributed by atoms with Crippen molar-refractivity contribution < 1.29 is 23.0 Å². The van der Waals surface area contributed by atoms with Crippen LogP contribution in [0.25, 0.3) is 0 Å². The van der Waals surface area contributed by atoms with Crippen LogP contribution in [0.3, 0.4) is 0 Å². The molecule has 0 aliphatic rings. The Morgan fingerprint density at radius 2 is 2.13 bits per heavy atom. The van der Waals surface area contributed by atoms with Crippen molar-refractivity contribution in [1.82, 2.24) is 4.98 Å². The summed E-state index contributed by atoms with van der Waals surface area (Å²) in [6.07, 6.45) is -6.34. The van der Waals surface area contributed by atoms with E-state index in [0.717, 1.165) is 6.92 Å². The highest BCUT2D eigenvalue weighted by molar-refractivity contribution is 5.15. The van der Waals surface area contributed by atoms with Gasteiger partial charge in [-0.3, -0.25) is 0 Å².